The van der Waals surface area contributed by atoms with E-state index in [9.17, 15) is 4.79 Å². The Morgan fingerprint density at radius 1 is 0.776 bits per heavy atom. The number of rotatable bonds is 11. The molecule has 9 heteroatoms. The Morgan fingerprint density at radius 3 is 2.08 bits per heavy atom. The van der Waals surface area contributed by atoms with Gasteiger partial charge in [0.2, 0.25) is 11.8 Å². The minimum Gasteiger partial charge on any atom is -0.473 e. The highest BCUT2D eigenvalue weighted by atomic mass is 16.6. The van der Waals surface area contributed by atoms with Crippen LogP contribution in [0.5, 0.6) is 11.8 Å². The van der Waals surface area contributed by atoms with E-state index in [1.807, 2.05) is 98.5 Å². The monoisotopic (exact) mass is 663 g/mol. The summed E-state index contributed by atoms with van der Waals surface area (Å²) in [6.45, 7) is 13.0. The van der Waals surface area contributed by atoms with E-state index >= 15 is 0 Å². The lowest BCUT2D eigenvalue weighted by Crippen LogP contribution is -2.51. The number of nitrogens with zero attached hydrogens (tertiary/aromatic N) is 4. The highest BCUT2D eigenvalue weighted by Crippen LogP contribution is 2.32. The van der Waals surface area contributed by atoms with Crippen molar-refractivity contribution in [3.8, 4) is 11.8 Å². The highest BCUT2D eigenvalue weighted by molar-refractivity contribution is 5.69. The summed E-state index contributed by atoms with van der Waals surface area (Å²) in [4.78, 5) is 24.0. The van der Waals surface area contributed by atoms with Crippen LogP contribution >= 0.6 is 0 Å². The lowest BCUT2D eigenvalue weighted by Gasteiger charge is -2.39. The van der Waals surface area contributed by atoms with Gasteiger partial charge in [-0.1, -0.05) is 66.7 Å². The highest BCUT2D eigenvalue weighted by Gasteiger charge is 2.28. The van der Waals surface area contributed by atoms with Crippen molar-refractivity contribution < 1.29 is 19.0 Å². The molecular weight excluding hydrogens is 614 g/mol. The molecule has 0 saturated carbocycles. The minimum atomic E-state index is -0.460. The van der Waals surface area contributed by atoms with Gasteiger partial charge < -0.3 is 29.3 Å². The SMILES string of the molecule is CC(C)(C)OC(=O)N1CCN(CC2CCN(c3cccc(Nc4ccc(OCc5ccccc5)nc4OCc4ccccc4)c3)CC2)CC1. The molecule has 0 radical (unpaired) electrons. The van der Waals surface area contributed by atoms with Crippen LogP contribution in [0.1, 0.15) is 44.7 Å². The standard InChI is InChI=1S/C40H49N5O4/c1-40(2,3)49-39(46)45-25-23-43(24-26-45)28-31-19-21-44(22-20-31)35-16-10-15-34(27-35)41-36-17-18-37(47-29-32-11-6-4-7-12-32)42-38(36)48-30-33-13-8-5-9-14-33/h4-18,27,31,41H,19-26,28-30H2,1-3H3. The lowest BCUT2D eigenvalue weighted by molar-refractivity contribution is 0.0130. The predicted molar refractivity (Wildman–Crippen MR) is 195 cm³/mol. The van der Waals surface area contributed by atoms with Gasteiger partial charge in [0, 0.05) is 63.3 Å². The van der Waals surface area contributed by atoms with Gasteiger partial charge in [0.15, 0.2) is 0 Å². The minimum absolute atomic E-state index is 0.200. The number of ether oxygens (including phenoxy) is 3. The van der Waals surface area contributed by atoms with Crippen LogP contribution in [0.4, 0.5) is 21.9 Å². The average Bonchev–Trinajstić information content (AvgIpc) is 3.11. The number of piperazine rings is 1. The summed E-state index contributed by atoms with van der Waals surface area (Å²) in [6.07, 6.45) is 2.10. The fourth-order valence-corrected chi connectivity index (χ4v) is 6.28. The summed E-state index contributed by atoms with van der Waals surface area (Å²) < 4.78 is 17.8. The van der Waals surface area contributed by atoms with Gasteiger partial charge in [-0.3, -0.25) is 4.90 Å². The predicted octanol–water partition coefficient (Wildman–Crippen LogP) is 7.75. The quantitative estimate of drug-likeness (QED) is 0.175. The third-order valence-corrected chi connectivity index (χ3v) is 8.93. The van der Waals surface area contributed by atoms with Crippen LogP contribution < -0.4 is 19.7 Å². The molecule has 0 spiro atoms. The first kappa shape index (κ1) is 34.1. The number of hydrogen-bond acceptors (Lipinski definition) is 8. The van der Waals surface area contributed by atoms with Crippen molar-refractivity contribution in [2.45, 2.75) is 52.4 Å². The van der Waals surface area contributed by atoms with Gasteiger partial charge in [-0.2, -0.15) is 4.98 Å². The van der Waals surface area contributed by atoms with E-state index in [0.717, 1.165) is 81.2 Å². The number of carbonyl (C=O) groups excluding carboxylic acids is 1. The van der Waals surface area contributed by atoms with Gasteiger partial charge in [0.25, 0.3) is 0 Å². The molecule has 0 unspecified atom stereocenters. The molecule has 3 aromatic carbocycles. The maximum atomic E-state index is 12.5. The van der Waals surface area contributed by atoms with Crippen LogP contribution in [0.25, 0.3) is 0 Å². The molecule has 1 N–H and O–H groups in total. The number of nitrogens with one attached hydrogen (secondary N) is 1. The molecule has 2 fully saturated rings. The number of benzene rings is 3. The van der Waals surface area contributed by atoms with Gasteiger partial charge in [0.05, 0.1) is 0 Å². The van der Waals surface area contributed by atoms with Crippen LogP contribution in [0.3, 0.4) is 0 Å². The average molecular weight is 664 g/mol. The van der Waals surface area contributed by atoms with E-state index in [0.29, 0.717) is 30.9 Å². The van der Waals surface area contributed by atoms with Crippen molar-refractivity contribution in [2.75, 3.05) is 56.0 Å². The number of aromatic nitrogens is 1. The Labute approximate surface area is 290 Å². The molecule has 0 bridgehead atoms. The molecule has 2 aliphatic heterocycles. The largest absolute Gasteiger partial charge is 0.473 e. The fourth-order valence-electron chi connectivity index (χ4n) is 6.28. The second-order valence-corrected chi connectivity index (χ2v) is 13.9. The maximum Gasteiger partial charge on any atom is 0.410 e. The maximum absolute atomic E-state index is 12.5. The Morgan fingerprint density at radius 2 is 1.43 bits per heavy atom. The smallest absolute Gasteiger partial charge is 0.410 e. The molecule has 2 saturated heterocycles. The number of carbonyl (C=O) groups is 1. The van der Waals surface area contributed by atoms with E-state index in [2.05, 4.69) is 39.4 Å². The summed E-state index contributed by atoms with van der Waals surface area (Å²) in [5.74, 6) is 1.66. The molecule has 2 aliphatic rings. The van der Waals surface area contributed by atoms with Crippen molar-refractivity contribution in [1.82, 2.24) is 14.8 Å². The van der Waals surface area contributed by atoms with Crippen LogP contribution in [-0.4, -0.2) is 72.3 Å². The van der Waals surface area contributed by atoms with Crippen molar-refractivity contribution in [2.24, 2.45) is 5.92 Å². The molecule has 0 atom stereocenters. The van der Waals surface area contributed by atoms with E-state index in [4.69, 9.17) is 19.2 Å². The van der Waals surface area contributed by atoms with Crippen LogP contribution in [0, 0.1) is 5.92 Å². The van der Waals surface area contributed by atoms with Gasteiger partial charge in [-0.25, -0.2) is 4.79 Å². The van der Waals surface area contributed by atoms with Crippen molar-refractivity contribution in [3.63, 3.8) is 0 Å². The van der Waals surface area contributed by atoms with E-state index < -0.39 is 5.60 Å². The second kappa shape index (κ2) is 16.1. The summed E-state index contributed by atoms with van der Waals surface area (Å²) >= 11 is 0. The normalized spacial score (nSPS) is 15.9. The summed E-state index contributed by atoms with van der Waals surface area (Å²) in [7, 11) is 0. The third-order valence-electron chi connectivity index (χ3n) is 8.93. The summed E-state index contributed by atoms with van der Waals surface area (Å²) in [5.41, 5.74) is 4.66. The van der Waals surface area contributed by atoms with Crippen molar-refractivity contribution >= 4 is 23.2 Å². The van der Waals surface area contributed by atoms with Gasteiger partial charge in [-0.15, -0.1) is 0 Å². The first-order valence-electron chi connectivity index (χ1n) is 17.4. The van der Waals surface area contributed by atoms with E-state index in [-0.39, 0.29) is 6.09 Å². The van der Waals surface area contributed by atoms with E-state index in [1.54, 1.807) is 0 Å². The van der Waals surface area contributed by atoms with Gasteiger partial charge >= 0.3 is 6.09 Å². The number of pyridine rings is 1. The molecule has 1 amide bonds. The third kappa shape index (κ3) is 10.1. The molecule has 4 aromatic rings. The number of piperidine rings is 1. The molecule has 1 aromatic heterocycles. The summed E-state index contributed by atoms with van der Waals surface area (Å²) in [6, 6.07) is 32.6. The molecule has 6 rings (SSSR count). The fraction of sp³-hybridized carbons (Fsp3) is 0.400. The van der Waals surface area contributed by atoms with Crippen LogP contribution in [-0.2, 0) is 18.0 Å². The Kier molecular flexibility index (Phi) is 11.2. The Balaban J connectivity index is 1.04. The number of amides is 1. The van der Waals surface area contributed by atoms with Gasteiger partial charge in [0.1, 0.15) is 24.5 Å². The second-order valence-electron chi connectivity index (χ2n) is 13.9. The Bertz CT molecular complexity index is 1630. The zero-order chi connectivity index (χ0) is 34.1. The van der Waals surface area contributed by atoms with Crippen molar-refractivity contribution in [3.05, 3.63) is 108 Å². The number of hydrogen-bond donors (Lipinski definition) is 1. The zero-order valence-electron chi connectivity index (χ0n) is 29.0. The molecule has 9 nitrogen and oxygen atoms in total. The molecular formula is C40H49N5O4. The first-order valence-corrected chi connectivity index (χ1v) is 17.4. The molecule has 3 heterocycles. The molecule has 0 aliphatic carbocycles. The Hall–Kier alpha value is -4.76. The molecule has 49 heavy (non-hydrogen) atoms. The zero-order valence-corrected chi connectivity index (χ0v) is 29.0. The van der Waals surface area contributed by atoms with Crippen molar-refractivity contribution in [1.29, 1.82) is 0 Å². The summed E-state index contributed by atoms with van der Waals surface area (Å²) in [5, 5.41) is 3.56. The first-order chi connectivity index (χ1) is 23.8. The topological polar surface area (TPSA) is 79.4 Å². The van der Waals surface area contributed by atoms with E-state index in [1.165, 1.54) is 5.69 Å². The number of anilines is 3. The lowest BCUT2D eigenvalue weighted by atomic mass is 9.95. The van der Waals surface area contributed by atoms with Gasteiger partial charge in [-0.05, 0) is 74.9 Å². The van der Waals surface area contributed by atoms with Crippen LogP contribution in [0.15, 0.2) is 97.1 Å². The van der Waals surface area contributed by atoms with Crippen LogP contribution in [0.2, 0.25) is 0 Å². The molecule has 258 valence electrons.